The van der Waals surface area contributed by atoms with Crippen molar-refractivity contribution in [1.29, 1.82) is 0 Å². The summed E-state index contributed by atoms with van der Waals surface area (Å²) in [7, 11) is 0. The molecule has 0 nitrogen and oxygen atoms in total. The number of hydrogen-bond donors (Lipinski definition) is 0. The van der Waals surface area contributed by atoms with E-state index in [2.05, 4.69) is 50.3 Å². The molecule has 1 aromatic carbocycles. The molecule has 62 valence electrons. The van der Waals surface area contributed by atoms with Crippen LogP contribution in [0.15, 0.2) is 30.3 Å². The van der Waals surface area contributed by atoms with Crippen LogP contribution in [0.5, 0.6) is 0 Å². The van der Waals surface area contributed by atoms with E-state index in [9.17, 15) is 0 Å². The molecule has 0 aromatic heterocycles. The first kappa shape index (κ1) is 7.60. The molecular formula is C12H14. The van der Waals surface area contributed by atoms with Gasteiger partial charge in [-0.2, -0.15) is 0 Å². The number of rotatable bonds is 1. The van der Waals surface area contributed by atoms with Crippen LogP contribution in [0.4, 0.5) is 0 Å². The summed E-state index contributed by atoms with van der Waals surface area (Å²) in [6, 6.07) is 8.65. The Labute approximate surface area is 73.9 Å². The van der Waals surface area contributed by atoms with Gasteiger partial charge in [0.05, 0.1) is 0 Å². The third kappa shape index (κ3) is 1.08. The summed E-state index contributed by atoms with van der Waals surface area (Å²) in [4.78, 5) is 0. The van der Waals surface area contributed by atoms with Gasteiger partial charge in [0, 0.05) is 5.92 Å². The van der Waals surface area contributed by atoms with Crippen LogP contribution < -0.4 is 0 Å². The van der Waals surface area contributed by atoms with Gasteiger partial charge in [0.15, 0.2) is 0 Å². The summed E-state index contributed by atoms with van der Waals surface area (Å²) in [5, 5.41) is 0. The van der Waals surface area contributed by atoms with Crippen molar-refractivity contribution in [3.63, 3.8) is 0 Å². The molecule has 0 saturated carbocycles. The van der Waals surface area contributed by atoms with E-state index in [4.69, 9.17) is 0 Å². The van der Waals surface area contributed by atoms with E-state index in [0.717, 1.165) is 0 Å². The molecule has 1 atom stereocenters. The minimum atomic E-state index is 0.640. The second-order valence-electron chi connectivity index (χ2n) is 3.76. The number of hydrogen-bond acceptors (Lipinski definition) is 0. The molecule has 1 aliphatic carbocycles. The Morgan fingerprint density at radius 3 is 2.67 bits per heavy atom. The molecule has 0 fully saturated rings. The van der Waals surface area contributed by atoms with Crippen molar-refractivity contribution in [1.82, 2.24) is 0 Å². The molecule has 0 N–H and O–H groups in total. The van der Waals surface area contributed by atoms with Crippen LogP contribution in [0, 0.1) is 5.92 Å². The highest BCUT2D eigenvalue weighted by molar-refractivity contribution is 5.62. The third-order valence-corrected chi connectivity index (χ3v) is 2.56. The highest BCUT2D eigenvalue weighted by atomic mass is 14.2. The van der Waals surface area contributed by atoms with Crippen LogP contribution in [0.1, 0.15) is 30.9 Å². The van der Waals surface area contributed by atoms with E-state index in [1.54, 1.807) is 0 Å². The van der Waals surface area contributed by atoms with Gasteiger partial charge in [-0.1, -0.05) is 50.3 Å². The summed E-state index contributed by atoms with van der Waals surface area (Å²) in [6.45, 7) is 4.55. The topological polar surface area (TPSA) is 0 Å². The smallest absolute Gasteiger partial charge is 0.00502 e. The maximum atomic E-state index is 2.31. The summed E-state index contributed by atoms with van der Waals surface area (Å²) < 4.78 is 0. The molecule has 0 radical (unpaired) electrons. The Bertz CT molecular complexity index is 308. The minimum absolute atomic E-state index is 0.640. The SMILES string of the molecule is CC(C)[C@H]1C=Cc2ccccc21. The fourth-order valence-electron chi connectivity index (χ4n) is 1.86. The molecule has 1 aliphatic rings. The summed E-state index contributed by atoms with van der Waals surface area (Å²) in [5.41, 5.74) is 2.89. The van der Waals surface area contributed by atoms with Gasteiger partial charge in [0.25, 0.3) is 0 Å². The van der Waals surface area contributed by atoms with E-state index < -0.39 is 0 Å². The maximum absolute atomic E-state index is 2.31. The lowest BCUT2D eigenvalue weighted by molar-refractivity contribution is 0.584. The maximum Gasteiger partial charge on any atom is 0.00502 e. The number of benzene rings is 1. The van der Waals surface area contributed by atoms with Crippen LogP contribution >= 0.6 is 0 Å². The van der Waals surface area contributed by atoms with Crippen molar-refractivity contribution >= 4 is 6.08 Å². The lowest BCUT2D eigenvalue weighted by Crippen LogP contribution is -2.00. The molecule has 0 aliphatic heterocycles. The Hall–Kier alpha value is -1.04. The largest absolute Gasteiger partial charge is 0.0761 e. The lowest BCUT2D eigenvalue weighted by Gasteiger charge is -2.14. The molecular weight excluding hydrogens is 144 g/mol. The average molecular weight is 158 g/mol. The van der Waals surface area contributed by atoms with E-state index in [-0.39, 0.29) is 0 Å². The lowest BCUT2D eigenvalue weighted by atomic mass is 9.90. The molecule has 0 amide bonds. The van der Waals surface area contributed by atoms with Gasteiger partial charge in [0.2, 0.25) is 0 Å². The molecule has 0 saturated heterocycles. The summed E-state index contributed by atoms with van der Waals surface area (Å²) >= 11 is 0. The fourth-order valence-corrected chi connectivity index (χ4v) is 1.86. The monoisotopic (exact) mass is 158 g/mol. The predicted octanol–water partition coefficient (Wildman–Crippen LogP) is 3.45. The highest BCUT2D eigenvalue weighted by Crippen LogP contribution is 2.34. The molecule has 12 heavy (non-hydrogen) atoms. The third-order valence-electron chi connectivity index (χ3n) is 2.56. The first-order valence-corrected chi connectivity index (χ1v) is 4.56. The molecule has 0 unspecified atom stereocenters. The van der Waals surface area contributed by atoms with Crippen LogP contribution in [0.2, 0.25) is 0 Å². The quantitative estimate of drug-likeness (QED) is 0.587. The van der Waals surface area contributed by atoms with Crippen LogP contribution in [-0.4, -0.2) is 0 Å². The van der Waals surface area contributed by atoms with Gasteiger partial charge in [-0.05, 0) is 17.0 Å². The zero-order valence-electron chi connectivity index (χ0n) is 7.62. The molecule has 2 rings (SSSR count). The van der Waals surface area contributed by atoms with Crippen molar-refractivity contribution in [2.45, 2.75) is 19.8 Å². The number of fused-ring (bicyclic) bond motifs is 1. The first-order chi connectivity index (χ1) is 5.79. The van der Waals surface area contributed by atoms with Gasteiger partial charge < -0.3 is 0 Å². The molecule has 0 bridgehead atoms. The standard InChI is InChI=1S/C12H14/c1-9(2)11-8-7-10-5-3-4-6-12(10)11/h3-9,11H,1-2H3/t11-/m1/s1. The zero-order chi connectivity index (χ0) is 8.55. The van der Waals surface area contributed by atoms with Crippen molar-refractivity contribution in [3.8, 4) is 0 Å². The molecule has 0 heterocycles. The van der Waals surface area contributed by atoms with Gasteiger partial charge in [-0.15, -0.1) is 0 Å². The average Bonchev–Trinajstić information content (AvgIpc) is 2.47. The molecule has 1 aromatic rings. The Kier molecular flexibility index (Phi) is 1.76. The van der Waals surface area contributed by atoms with Gasteiger partial charge >= 0.3 is 0 Å². The molecule has 0 heteroatoms. The van der Waals surface area contributed by atoms with E-state index >= 15 is 0 Å². The van der Waals surface area contributed by atoms with Gasteiger partial charge in [-0.25, -0.2) is 0 Å². The predicted molar refractivity (Wildman–Crippen MR) is 53.1 cm³/mol. The van der Waals surface area contributed by atoms with Crippen molar-refractivity contribution < 1.29 is 0 Å². The molecule has 0 spiro atoms. The minimum Gasteiger partial charge on any atom is -0.0761 e. The van der Waals surface area contributed by atoms with E-state index in [0.29, 0.717) is 11.8 Å². The Morgan fingerprint density at radius 2 is 1.92 bits per heavy atom. The number of allylic oxidation sites excluding steroid dienone is 1. The van der Waals surface area contributed by atoms with E-state index in [1.807, 2.05) is 0 Å². The zero-order valence-corrected chi connectivity index (χ0v) is 7.62. The van der Waals surface area contributed by atoms with Gasteiger partial charge in [0.1, 0.15) is 0 Å². The second-order valence-corrected chi connectivity index (χ2v) is 3.76. The van der Waals surface area contributed by atoms with Crippen molar-refractivity contribution in [3.05, 3.63) is 41.5 Å². The van der Waals surface area contributed by atoms with Crippen LogP contribution in [0.25, 0.3) is 6.08 Å². The van der Waals surface area contributed by atoms with Crippen molar-refractivity contribution in [2.75, 3.05) is 0 Å². The van der Waals surface area contributed by atoms with Crippen LogP contribution in [0.3, 0.4) is 0 Å². The highest BCUT2D eigenvalue weighted by Gasteiger charge is 2.18. The second kappa shape index (κ2) is 2.78. The van der Waals surface area contributed by atoms with E-state index in [1.165, 1.54) is 11.1 Å². The fraction of sp³-hybridized carbons (Fsp3) is 0.333. The van der Waals surface area contributed by atoms with Crippen molar-refractivity contribution in [2.24, 2.45) is 5.92 Å². The normalized spacial score (nSPS) is 20.1. The first-order valence-electron chi connectivity index (χ1n) is 4.56. The Balaban J connectivity index is 2.42. The Morgan fingerprint density at radius 1 is 1.17 bits per heavy atom. The van der Waals surface area contributed by atoms with Gasteiger partial charge in [-0.3, -0.25) is 0 Å². The van der Waals surface area contributed by atoms with Crippen LogP contribution in [-0.2, 0) is 0 Å². The summed E-state index contributed by atoms with van der Waals surface area (Å²) in [5.74, 6) is 1.35. The summed E-state index contributed by atoms with van der Waals surface area (Å²) in [6.07, 6.45) is 4.55.